The quantitative estimate of drug-likeness (QED) is 0.909. The molecule has 106 valence electrons. The summed E-state index contributed by atoms with van der Waals surface area (Å²) in [5.41, 5.74) is 0.620. The van der Waals surface area contributed by atoms with Gasteiger partial charge < -0.3 is 10.1 Å². The number of ether oxygens (including phenoxy) is 1. The van der Waals surface area contributed by atoms with Crippen LogP contribution in [-0.4, -0.2) is 21.7 Å². The third-order valence-electron chi connectivity index (χ3n) is 2.70. The summed E-state index contributed by atoms with van der Waals surface area (Å²) >= 11 is 0. The highest BCUT2D eigenvalue weighted by atomic mass is 16.6. The maximum Gasteiger partial charge on any atom is 0.408 e. The number of alkyl carbamates (subject to hydrolysis) is 1. The number of amides is 1. The van der Waals surface area contributed by atoms with Gasteiger partial charge in [-0.05, 0) is 38.7 Å². The molecule has 19 heavy (non-hydrogen) atoms. The Balaban J connectivity index is 2.48. The van der Waals surface area contributed by atoms with Gasteiger partial charge in [-0.15, -0.1) is 0 Å². The Morgan fingerprint density at radius 1 is 1.37 bits per heavy atom. The van der Waals surface area contributed by atoms with Crippen molar-refractivity contribution in [1.82, 2.24) is 15.3 Å². The van der Waals surface area contributed by atoms with Gasteiger partial charge in [0.2, 0.25) is 0 Å². The van der Waals surface area contributed by atoms with E-state index >= 15 is 0 Å². The third kappa shape index (κ3) is 5.68. The van der Waals surface area contributed by atoms with Gasteiger partial charge >= 0.3 is 6.09 Å². The summed E-state index contributed by atoms with van der Waals surface area (Å²) in [7, 11) is 0. The minimum absolute atomic E-state index is 0.274. The van der Waals surface area contributed by atoms with Crippen molar-refractivity contribution in [3.05, 3.63) is 23.8 Å². The van der Waals surface area contributed by atoms with Crippen LogP contribution < -0.4 is 5.32 Å². The summed E-state index contributed by atoms with van der Waals surface area (Å²) in [6.07, 6.45) is 4.22. The van der Waals surface area contributed by atoms with Crippen molar-refractivity contribution in [3.8, 4) is 0 Å². The molecule has 0 saturated heterocycles. The molecule has 1 atom stereocenters. The lowest BCUT2D eigenvalue weighted by Gasteiger charge is -2.19. The molecule has 0 fully saturated rings. The van der Waals surface area contributed by atoms with E-state index < -0.39 is 11.7 Å². The summed E-state index contributed by atoms with van der Waals surface area (Å²) in [6, 6.07) is 0. The minimum Gasteiger partial charge on any atom is -0.444 e. The number of hydrogen-bond acceptors (Lipinski definition) is 4. The lowest BCUT2D eigenvalue weighted by atomic mass is 10.0. The van der Waals surface area contributed by atoms with Crippen LogP contribution in [0.25, 0.3) is 0 Å². The zero-order valence-electron chi connectivity index (χ0n) is 12.4. The van der Waals surface area contributed by atoms with Crippen LogP contribution >= 0.6 is 0 Å². The molecule has 5 heteroatoms. The van der Waals surface area contributed by atoms with Gasteiger partial charge in [-0.3, -0.25) is 0 Å². The highest BCUT2D eigenvalue weighted by molar-refractivity contribution is 5.67. The van der Waals surface area contributed by atoms with Gasteiger partial charge in [-0.2, -0.15) is 0 Å². The van der Waals surface area contributed by atoms with Crippen molar-refractivity contribution in [2.45, 2.75) is 59.1 Å². The lowest BCUT2D eigenvalue weighted by molar-refractivity contribution is 0.0522. The molecular weight excluding hydrogens is 242 g/mol. The summed E-state index contributed by atoms with van der Waals surface area (Å²) in [5, 5.41) is 2.63. The molecule has 1 N–H and O–H groups in total. The zero-order chi connectivity index (χ0) is 14.5. The number of nitrogens with zero attached hydrogens (tertiary/aromatic N) is 2. The van der Waals surface area contributed by atoms with Crippen LogP contribution in [0.5, 0.6) is 0 Å². The Morgan fingerprint density at radius 2 is 1.95 bits per heavy atom. The van der Waals surface area contributed by atoms with E-state index in [0.29, 0.717) is 11.7 Å². The number of carbonyl (C=O) groups excluding carboxylic acids is 1. The van der Waals surface area contributed by atoms with E-state index in [4.69, 9.17) is 4.74 Å². The largest absolute Gasteiger partial charge is 0.444 e. The average molecular weight is 265 g/mol. The average Bonchev–Trinajstić information content (AvgIpc) is 2.34. The standard InChI is InChI=1S/C14H23N3O2/c1-6-10(2)11-7-15-12(16-8-11)9-17-13(18)19-14(3,4)5/h7-8,10H,6,9H2,1-5H3,(H,17,18). The van der Waals surface area contributed by atoms with E-state index in [1.807, 2.05) is 33.2 Å². The second-order valence-electron chi connectivity index (χ2n) is 5.60. The molecule has 0 saturated carbocycles. The van der Waals surface area contributed by atoms with Crippen LogP contribution in [0.2, 0.25) is 0 Å². The second kappa shape index (κ2) is 6.50. The van der Waals surface area contributed by atoms with Gasteiger partial charge in [0.1, 0.15) is 11.4 Å². The van der Waals surface area contributed by atoms with Crippen molar-refractivity contribution >= 4 is 6.09 Å². The van der Waals surface area contributed by atoms with E-state index in [1.54, 1.807) is 0 Å². The van der Waals surface area contributed by atoms with Crippen LogP contribution in [0.3, 0.4) is 0 Å². The first-order valence-electron chi connectivity index (χ1n) is 6.59. The first kappa shape index (κ1) is 15.4. The van der Waals surface area contributed by atoms with Crippen LogP contribution in [0.4, 0.5) is 4.79 Å². The third-order valence-corrected chi connectivity index (χ3v) is 2.70. The first-order chi connectivity index (χ1) is 8.81. The molecular formula is C14H23N3O2. The molecule has 0 aliphatic heterocycles. The summed E-state index contributed by atoms with van der Waals surface area (Å²) in [5.74, 6) is 1.03. The van der Waals surface area contributed by atoms with Crippen LogP contribution in [0.15, 0.2) is 12.4 Å². The van der Waals surface area contributed by atoms with Crippen LogP contribution in [-0.2, 0) is 11.3 Å². The predicted octanol–water partition coefficient (Wildman–Crippen LogP) is 3.01. The molecule has 0 aliphatic rings. The molecule has 0 aliphatic carbocycles. The number of nitrogens with one attached hydrogen (secondary N) is 1. The monoisotopic (exact) mass is 265 g/mol. The number of aromatic nitrogens is 2. The fourth-order valence-electron chi connectivity index (χ4n) is 1.41. The molecule has 0 bridgehead atoms. The SMILES string of the molecule is CCC(C)c1cnc(CNC(=O)OC(C)(C)C)nc1. The molecule has 1 unspecified atom stereocenters. The molecule has 1 heterocycles. The van der Waals surface area contributed by atoms with Crippen molar-refractivity contribution in [2.75, 3.05) is 0 Å². The Bertz CT molecular complexity index is 410. The normalized spacial score (nSPS) is 12.9. The van der Waals surface area contributed by atoms with Crippen molar-refractivity contribution < 1.29 is 9.53 Å². The predicted molar refractivity (Wildman–Crippen MR) is 73.8 cm³/mol. The van der Waals surface area contributed by atoms with Gasteiger partial charge in [0.15, 0.2) is 0 Å². The first-order valence-corrected chi connectivity index (χ1v) is 6.59. The Kier molecular flexibility index (Phi) is 5.27. The lowest BCUT2D eigenvalue weighted by Crippen LogP contribution is -2.32. The molecule has 1 aromatic heterocycles. The topological polar surface area (TPSA) is 64.1 Å². The van der Waals surface area contributed by atoms with E-state index in [-0.39, 0.29) is 6.54 Å². The van der Waals surface area contributed by atoms with Crippen molar-refractivity contribution in [2.24, 2.45) is 0 Å². The Morgan fingerprint density at radius 3 is 2.42 bits per heavy atom. The maximum absolute atomic E-state index is 11.5. The zero-order valence-corrected chi connectivity index (χ0v) is 12.4. The van der Waals surface area contributed by atoms with Gasteiger partial charge in [0.25, 0.3) is 0 Å². The fourth-order valence-corrected chi connectivity index (χ4v) is 1.41. The highest BCUT2D eigenvalue weighted by Gasteiger charge is 2.16. The van der Waals surface area contributed by atoms with E-state index in [9.17, 15) is 4.79 Å². The number of hydrogen-bond donors (Lipinski definition) is 1. The van der Waals surface area contributed by atoms with E-state index in [0.717, 1.165) is 12.0 Å². The molecule has 0 aromatic carbocycles. The highest BCUT2D eigenvalue weighted by Crippen LogP contribution is 2.16. The maximum atomic E-state index is 11.5. The molecule has 1 amide bonds. The molecule has 1 aromatic rings. The summed E-state index contributed by atoms with van der Waals surface area (Å²) in [4.78, 5) is 19.9. The van der Waals surface area contributed by atoms with Crippen molar-refractivity contribution in [1.29, 1.82) is 0 Å². The summed E-state index contributed by atoms with van der Waals surface area (Å²) < 4.78 is 5.13. The van der Waals surface area contributed by atoms with Gasteiger partial charge in [0, 0.05) is 12.4 Å². The van der Waals surface area contributed by atoms with Gasteiger partial charge in [0.05, 0.1) is 6.54 Å². The van der Waals surface area contributed by atoms with E-state index in [1.165, 1.54) is 0 Å². The Hall–Kier alpha value is -1.65. The van der Waals surface area contributed by atoms with Gasteiger partial charge in [-0.1, -0.05) is 13.8 Å². The summed E-state index contributed by atoms with van der Waals surface area (Å²) in [6.45, 7) is 10.0. The smallest absolute Gasteiger partial charge is 0.408 e. The molecule has 1 rings (SSSR count). The number of rotatable bonds is 4. The van der Waals surface area contributed by atoms with Crippen LogP contribution in [0.1, 0.15) is 58.3 Å². The van der Waals surface area contributed by atoms with E-state index in [2.05, 4.69) is 29.1 Å². The van der Waals surface area contributed by atoms with Crippen molar-refractivity contribution in [3.63, 3.8) is 0 Å². The molecule has 5 nitrogen and oxygen atoms in total. The molecule has 0 radical (unpaired) electrons. The van der Waals surface area contributed by atoms with Crippen LogP contribution in [0, 0.1) is 0 Å². The fraction of sp³-hybridized carbons (Fsp3) is 0.643. The van der Waals surface area contributed by atoms with Gasteiger partial charge in [-0.25, -0.2) is 14.8 Å². The number of carbonyl (C=O) groups is 1. The Labute approximate surface area is 114 Å². The second-order valence-corrected chi connectivity index (χ2v) is 5.60. The minimum atomic E-state index is -0.495. The molecule has 0 spiro atoms.